The van der Waals surface area contributed by atoms with Crippen LogP contribution >= 0.6 is 0 Å². The molecule has 1 fully saturated rings. The second-order valence-electron chi connectivity index (χ2n) is 5.85. The molecule has 1 aliphatic rings. The number of benzene rings is 1. The van der Waals surface area contributed by atoms with Crippen LogP contribution in [0.4, 0.5) is 0 Å². The first-order chi connectivity index (χ1) is 11.0. The number of methoxy groups -OCH3 is 2. The predicted octanol–water partition coefficient (Wildman–Crippen LogP) is 1.34. The molecule has 1 N–H and O–H groups in total. The van der Waals surface area contributed by atoms with Crippen molar-refractivity contribution in [1.29, 1.82) is 0 Å². The van der Waals surface area contributed by atoms with Crippen LogP contribution in [0.15, 0.2) is 24.3 Å². The highest BCUT2D eigenvalue weighted by atomic mass is 16.5. The summed E-state index contributed by atoms with van der Waals surface area (Å²) in [5.41, 5.74) is 0.115. The van der Waals surface area contributed by atoms with Crippen molar-refractivity contribution in [2.75, 3.05) is 27.4 Å². The minimum absolute atomic E-state index is 0.00258. The van der Waals surface area contributed by atoms with Crippen LogP contribution < -0.4 is 10.1 Å². The average molecular weight is 320 g/mol. The average Bonchev–Trinajstić information content (AvgIpc) is 2.85. The third-order valence-corrected chi connectivity index (χ3v) is 4.28. The Bertz CT molecular complexity index is 575. The van der Waals surface area contributed by atoms with E-state index in [0.29, 0.717) is 32.5 Å². The largest absolute Gasteiger partial charge is 0.497 e. The Morgan fingerprint density at radius 2 is 2.17 bits per heavy atom. The third kappa shape index (κ3) is 3.82. The molecular formula is C17H24N2O4. The number of amides is 2. The highest BCUT2D eigenvalue weighted by Gasteiger charge is 2.46. The van der Waals surface area contributed by atoms with Gasteiger partial charge in [-0.25, -0.2) is 0 Å². The van der Waals surface area contributed by atoms with Gasteiger partial charge in [0.25, 0.3) is 0 Å². The molecular weight excluding hydrogens is 296 g/mol. The number of hydrogen-bond donors (Lipinski definition) is 1. The van der Waals surface area contributed by atoms with E-state index in [2.05, 4.69) is 5.32 Å². The molecule has 1 aromatic rings. The zero-order valence-corrected chi connectivity index (χ0v) is 13.9. The Morgan fingerprint density at radius 1 is 1.39 bits per heavy atom. The van der Waals surface area contributed by atoms with Gasteiger partial charge in [0.1, 0.15) is 11.3 Å². The quantitative estimate of drug-likeness (QED) is 0.770. The summed E-state index contributed by atoms with van der Waals surface area (Å²) >= 11 is 0. The molecule has 23 heavy (non-hydrogen) atoms. The number of carbonyl (C=O) groups is 2. The van der Waals surface area contributed by atoms with Crippen LogP contribution in [0.1, 0.15) is 25.3 Å². The maximum Gasteiger partial charge on any atom is 0.245 e. The summed E-state index contributed by atoms with van der Waals surface area (Å²) < 4.78 is 10.2. The van der Waals surface area contributed by atoms with E-state index in [-0.39, 0.29) is 11.8 Å². The second kappa shape index (κ2) is 7.46. The fourth-order valence-electron chi connectivity index (χ4n) is 2.80. The number of ether oxygens (including phenoxy) is 2. The van der Waals surface area contributed by atoms with E-state index in [9.17, 15) is 9.59 Å². The smallest absolute Gasteiger partial charge is 0.245 e. The summed E-state index contributed by atoms with van der Waals surface area (Å²) in [4.78, 5) is 26.5. The molecule has 2 rings (SSSR count). The van der Waals surface area contributed by atoms with Crippen molar-refractivity contribution in [3.05, 3.63) is 29.8 Å². The summed E-state index contributed by atoms with van der Waals surface area (Å²) in [6.45, 7) is 3.10. The lowest BCUT2D eigenvalue weighted by molar-refractivity contribution is -0.141. The Balaban J connectivity index is 2.13. The lowest BCUT2D eigenvalue weighted by Gasteiger charge is -2.34. The summed E-state index contributed by atoms with van der Waals surface area (Å²) in [5.74, 6) is 0.598. The molecule has 0 aromatic heterocycles. The van der Waals surface area contributed by atoms with Crippen LogP contribution in [0.3, 0.4) is 0 Å². The highest BCUT2D eigenvalue weighted by Crippen LogP contribution is 2.32. The highest BCUT2D eigenvalue weighted by molar-refractivity contribution is 5.94. The van der Waals surface area contributed by atoms with Crippen molar-refractivity contribution >= 4 is 11.8 Å². The number of nitrogens with zero attached hydrogens (tertiary/aromatic N) is 1. The van der Waals surface area contributed by atoms with Crippen molar-refractivity contribution in [1.82, 2.24) is 10.2 Å². The summed E-state index contributed by atoms with van der Waals surface area (Å²) in [7, 11) is 3.19. The van der Waals surface area contributed by atoms with E-state index in [1.165, 1.54) is 0 Å². The molecule has 0 aliphatic carbocycles. The number of likely N-dealkylation sites (tertiary alicyclic amines) is 1. The molecule has 2 amide bonds. The van der Waals surface area contributed by atoms with Gasteiger partial charge in [-0.1, -0.05) is 12.1 Å². The van der Waals surface area contributed by atoms with E-state index in [4.69, 9.17) is 9.47 Å². The molecule has 1 unspecified atom stereocenters. The molecule has 1 heterocycles. The van der Waals surface area contributed by atoms with E-state index in [1.807, 2.05) is 31.2 Å². The van der Waals surface area contributed by atoms with Crippen LogP contribution in [0.2, 0.25) is 0 Å². The Hall–Kier alpha value is -2.08. The van der Waals surface area contributed by atoms with Gasteiger partial charge in [-0.3, -0.25) is 9.59 Å². The van der Waals surface area contributed by atoms with Crippen LogP contribution in [-0.2, 0) is 20.9 Å². The van der Waals surface area contributed by atoms with Gasteiger partial charge in [0.15, 0.2) is 0 Å². The maximum absolute atomic E-state index is 12.5. The number of hydrogen-bond acceptors (Lipinski definition) is 4. The predicted molar refractivity (Wildman–Crippen MR) is 86.1 cm³/mol. The van der Waals surface area contributed by atoms with Gasteiger partial charge in [-0.2, -0.15) is 0 Å². The van der Waals surface area contributed by atoms with Gasteiger partial charge in [0.05, 0.1) is 13.7 Å². The minimum Gasteiger partial charge on any atom is -0.497 e. The molecule has 0 spiro atoms. The van der Waals surface area contributed by atoms with Gasteiger partial charge in [0, 0.05) is 26.6 Å². The molecule has 126 valence electrons. The molecule has 0 radical (unpaired) electrons. The first kappa shape index (κ1) is 17.3. The number of rotatable bonds is 7. The summed E-state index contributed by atoms with van der Waals surface area (Å²) in [5, 5.41) is 2.84. The monoisotopic (exact) mass is 320 g/mol. The molecule has 1 saturated heterocycles. The topological polar surface area (TPSA) is 67.9 Å². The number of carbonyl (C=O) groups excluding carboxylic acids is 2. The van der Waals surface area contributed by atoms with E-state index in [1.54, 1.807) is 19.1 Å². The zero-order chi connectivity index (χ0) is 16.9. The van der Waals surface area contributed by atoms with Crippen molar-refractivity contribution in [2.24, 2.45) is 0 Å². The van der Waals surface area contributed by atoms with Crippen molar-refractivity contribution in [3.63, 3.8) is 0 Å². The van der Waals surface area contributed by atoms with Crippen molar-refractivity contribution in [3.8, 4) is 5.75 Å². The Labute approximate surface area is 136 Å². The van der Waals surface area contributed by atoms with Gasteiger partial charge in [-0.05, 0) is 31.0 Å². The Morgan fingerprint density at radius 3 is 2.87 bits per heavy atom. The van der Waals surface area contributed by atoms with Crippen LogP contribution in [0.25, 0.3) is 0 Å². The number of nitrogens with one attached hydrogen (secondary N) is 1. The normalized spacial score (nSPS) is 20.7. The van der Waals surface area contributed by atoms with Gasteiger partial charge >= 0.3 is 0 Å². The lowest BCUT2D eigenvalue weighted by Crippen LogP contribution is -2.54. The van der Waals surface area contributed by atoms with Crippen LogP contribution in [-0.4, -0.2) is 49.6 Å². The van der Waals surface area contributed by atoms with E-state index in [0.717, 1.165) is 11.3 Å². The van der Waals surface area contributed by atoms with E-state index < -0.39 is 5.54 Å². The van der Waals surface area contributed by atoms with Gasteiger partial charge in [-0.15, -0.1) is 0 Å². The van der Waals surface area contributed by atoms with Gasteiger partial charge in [0.2, 0.25) is 11.8 Å². The summed E-state index contributed by atoms with van der Waals surface area (Å²) in [6.07, 6.45) is 0.910. The Kier molecular flexibility index (Phi) is 5.60. The van der Waals surface area contributed by atoms with Crippen LogP contribution in [0, 0.1) is 0 Å². The lowest BCUT2D eigenvalue weighted by atomic mass is 9.97. The zero-order valence-electron chi connectivity index (χ0n) is 13.9. The molecule has 6 nitrogen and oxygen atoms in total. The van der Waals surface area contributed by atoms with Crippen LogP contribution in [0.5, 0.6) is 5.75 Å². The maximum atomic E-state index is 12.5. The third-order valence-electron chi connectivity index (χ3n) is 4.28. The van der Waals surface area contributed by atoms with Crippen molar-refractivity contribution < 1.29 is 19.1 Å². The molecule has 0 saturated carbocycles. The van der Waals surface area contributed by atoms with Crippen molar-refractivity contribution in [2.45, 2.75) is 31.8 Å². The molecule has 1 atom stereocenters. The molecule has 1 aliphatic heterocycles. The minimum atomic E-state index is -0.825. The SMILES string of the molecule is COCCNC(=O)C1(C)CCC(=O)N1Cc1cccc(OC)c1. The standard InChI is InChI=1S/C17H24N2O4/c1-17(16(21)18-9-10-22-2)8-7-15(20)19(17)12-13-5-4-6-14(11-13)23-3/h4-6,11H,7-10,12H2,1-3H3,(H,18,21). The van der Waals surface area contributed by atoms with E-state index >= 15 is 0 Å². The van der Waals surface area contributed by atoms with Gasteiger partial charge < -0.3 is 19.7 Å². The summed E-state index contributed by atoms with van der Waals surface area (Å²) in [6, 6.07) is 7.54. The first-order valence-corrected chi connectivity index (χ1v) is 7.72. The molecule has 0 bridgehead atoms. The first-order valence-electron chi connectivity index (χ1n) is 7.72. The fraction of sp³-hybridized carbons (Fsp3) is 0.529. The molecule has 1 aromatic carbocycles. The second-order valence-corrected chi connectivity index (χ2v) is 5.85. The fourth-order valence-corrected chi connectivity index (χ4v) is 2.80. The molecule has 6 heteroatoms.